The minimum Gasteiger partial charge on any atom is -0.337 e. The molecule has 1 heterocycles. The molecule has 2 aromatic rings. The van der Waals surface area contributed by atoms with Crippen molar-refractivity contribution >= 4 is 9.84 Å². The van der Waals surface area contributed by atoms with Gasteiger partial charge in [0.15, 0.2) is 0 Å². The van der Waals surface area contributed by atoms with E-state index in [0.29, 0.717) is 17.0 Å². The summed E-state index contributed by atoms with van der Waals surface area (Å²) in [5.41, 5.74) is 6.91. The van der Waals surface area contributed by atoms with Gasteiger partial charge in [0.25, 0.3) is 0 Å². The standard InChI is InChI=1S/C13H16FN3O3S/c1-8-7-9(3-4-10(8)14)12-16-13(20-17-12)11(15)5-6-21(2,18)19/h3-4,7,11H,5-6,15H2,1-2H3. The van der Waals surface area contributed by atoms with Crippen LogP contribution < -0.4 is 5.73 Å². The van der Waals surface area contributed by atoms with Crippen molar-refractivity contribution in [1.29, 1.82) is 0 Å². The molecule has 21 heavy (non-hydrogen) atoms. The number of hydrogen-bond donors (Lipinski definition) is 1. The summed E-state index contributed by atoms with van der Waals surface area (Å²) >= 11 is 0. The highest BCUT2D eigenvalue weighted by Crippen LogP contribution is 2.21. The average Bonchev–Trinajstić information content (AvgIpc) is 2.88. The topological polar surface area (TPSA) is 99.1 Å². The third kappa shape index (κ3) is 4.08. The second kappa shape index (κ2) is 5.90. The molecule has 0 bridgehead atoms. The molecule has 0 aliphatic rings. The smallest absolute Gasteiger partial charge is 0.243 e. The maximum atomic E-state index is 13.2. The molecule has 1 aromatic carbocycles. The fraction of sp³-hybridized carbons (Fsp3) is 0.385. The van der Waals surface area contributed by atoms with Crippen LogP contribution in [0.5, 0.6) is 0 Å². The van der Waals surface area contributed by atoms with Crippen LogP contribution >= 0.6 is 0 Å². The summed E-state index contributed by atoms with van der Waals surface area (Å²) in [6, 6.07) is 3.82. The Morgan fingerprint density at radius 2 is 2.14 bits per heavy atom. The molecule has 0 saturated carbocycles. The summed E-state index contributed by atoms with van der Waals surface area (Å²) in [6.07, 6.45) is 1.34. The van der Waals surface area contributed by atoms with Crippen LogP contribution in [0.2, 0.25) is 0 Å². The predicted octanol–water partition coefficient (Wildman–Crippen LogP) is 1.62. The zero-order chi connectivity index (χ0) is 15.6. The lowest BCUT2D eigenvalue weighted by Gasteiger charge is -2.04. The molecule has 6 nitrogen and oxygen atoms in total. The normalized spacial score (nSPS) is 13.3. The van der Waals surface area contributed by atoms with Gasteiger partial charge in [0, 0.05) is 11.8 Å². The Balaban J connectivity index is 2.15. The van der Waals surface area contributed by atoms with Crippen molar-refractivity contribution in [3.63, 3.8) is 0 Å². The van der Waals surface area contributed by atoms with Crippen molar-refractivity contribution in [3.8, 4) is 11.4 Å². The molecule has 0 radical (unpaired) electrons. The highest BCUT2D eigenvalue weighted by atomic mass is 32.2. The molecule has 0 saturated heterocycles. The lowest BCUT2D eigenvalue weighted by Crippen LogP contribution is -2.16. The minimum atomic E-state index is -3.09. The Morgan fingerprint density at radius 3 is 2.76 bits per heavy atom. The maximum Gasteiger partial charge on any atom is 0.243 e. The van der Waals surface area contributed by atoms with E-state index in [1.165, 1.54) is 6.07 Å². The number of sulfone groups is 1. The molecule has 2 rings (SSSR count). The van der Waals surface area contributed by atoms with E-state index in [2.05, 4.69) is 10.1 Å². The van der Waals surface area contributed by atoms with Crippen LogP contribution in [0.25, 0.3) is 11.4 Å². The molecule has 0 amide bonds. The number of hydrogen-bond acceptors (Lipinski definition) is 6. The van der Waals surface area contributed by atoms with Crippen LogP contribution in [0.4, 0.5) is 4.39 Å². The molecule has 0 fully saturated rings. The molecule has 8 heteroatoms. The fourth-order valence-corrected chi connectivity index (χ4v) is 2.43. The highest BCUT2D eigenvalue weighted by Gasteiger charge is 2.18. The van der Waals surface area contributed by atoms with Crippen LogP contribution in [0, 0.1) is 12.7 Å². The second-order valence-electron chi connectivity index (χ2n) is 4.95. The van der Waals surface area contributed by atoms with Crippen molar-refractivity contribution in [3.05, 3.63) is 35.5 Å². The highest BCUT2D eigenvalue weighted by molar-refractivity contribution is 7.90. The van der Waals surface area contributed by atoms with Crippen LogP contribution in [0.1, 0.15) is 23.9 Å². The van der Waals surface area contributed by atoms with Gasteiger partial charge in [-0.3, -0.25) is 0 Å². The Hall–Kier alpha value is -1.80. The number of aromatic nitrogens is 2. The quantitative estimate of drug-likeness (QED) is 0.900. The van der Waals surface area contributed by atoms with Gasteiger partial charge in [-0.1, -0.05) is 5.16 Å². The predicted molar refractivity (Wildman–Crippen MR) is 75.7 cm³/mol. The Morgan fingerprint density at radius 1 is 1.43 bits per heavy atom. The summed E-state index contributed by atoms with van der Waals surface area (Å²) in [7, 11) is -3.09. The van der Waals surface area contributed by atoms with Crippen LogP contribution in [0.3, 0.4) is 0 Å². The first kappa shape index (κ1) is 15.6. The van der Waals surface area contributed by atoms with E-state index in [0.717, 1.165) is 6.26 Å². The van der Waals surface area contributed by atoms with E-state index >= 15 is 0 Å². The van der Waals surface area contributed by atoms with E-state index in [9.17, 15) is 12.8 Å². The SMILES string of the molecule is Cc1cc(-c2noc(C(N)CCS(C)(=O)=O)n2)ccc1F. The number of rotatable bonds is 5. The Kier molecular flexibility index (Phi) is 4.38. The largest absolute Gasteiger partial charge is 0.337 e. The van der Waals surface area contributed by atoms with Gasteiger partial charge in [-0.25, -0.2) is 12.8 Å². The zero-order valence-electron chi connectivity index (χ0n) is 11.7. The van der Waals surface area contributed by atoms with Crippen molar-refractivity contribution in [2.24, 2.45) is 5.73 Å². The van der Waals surface area contributed by atoms with Gasteiger partial charge in [-0.15, -0.1) is 0 Å². The fourth-order valence-electron chi connectivity index (χ4n) is 1.75. The van der Waals surface area contributed by atoms with E-state index < -0.39 is 15.9 Å². The molecule has 114 valence electrons. The van der Waals surface area contributed by atoms with Crippen LogP contribution in [0.15, 0.2) is 22.7 Å². The van der Waals surface area contributed by atoms with E-state index in [4.69, 9.17) is 10.3 Å². The third-order valence-electron chi connectivity index (χ3n) is 2.97. The van der Waals surface area contributed by atoms with E-state index in [1.54, 1.807) is 19.1 Å². The second-order valence-corrected chi connectivity index (χ2v) is 7.20. The summed E-state index contributed by atoms with van der Waals surface area (Å²) in [5.74, 6) is 0.0903. The molecular weight excluding hydrogens is 297 g/mol. The number of benzene rings is 1. The first-order valence-electron chi connectivity index (χ1n) is 6.30. The van der Waals surface area contributed by atoms with E-state index in [1.807, 2.05) is 0 Å². The monoisotopic (exact) mass is 313 g/mol. The molecule has 0 aliphatic heterocycles. The van der Waals surface area contributed by atoms with E-state index in [-0.39, 0.29) is 23.9 Å². The van der Waals surface area contributed by atoms with Gasteiger partial charge in [0.05, 0.1) is 11.8 Å². The molecular formula is C13H16FN3O3S. The molecule has 2 N–H and O–H groups in total. The minimum absolute atomic E-state index is 0.0540. The molecule has 1 unspecified atom stereocenters. The zero-order valence-corrected chi connectivity index (χ0v) is 12.5. The van der Waals surface area contributed by atoms with Gasteiger partial charge in [-0.05, 0) is 37.1 Å². The maximum absolute atomic E-state index is 13.2. The summed E-state index contributed by atoms with van der Waals surface area (Å²) in [5, 5.41) is 3.78. The average molecular weight is 313 g/mol. The summed E-state index contributed by atoms with van der Waals surface area (Å²) < 4.78 is 40.5. The summed E-state index contributed by atoms with van der Waals surface area (Å²) in [6.45, 7) is 1.64. The Bertz CT molecular complexity index is 743. The summed E-state index contributed by atoms with van der Waals surface area (Å²) in [4.78, 5) is 4.13. The van der Waals surface area contributed by atoms with Crippen molar-refractivity contribution in [2.45, 2.75) is 19.4 Å². The van der Waals surface area contributed by atoms with Crippen molar-refractivity contribution < 1.29 is 17.3 Å². The van der Waals surface area contributed by atoms with Crippen LogP contribution in [-0.4, -0.2) is 30.6 Å². The van der Waals surface area contributed by atoms with Gasteiger partial charge in [0.2, 0.25) is 11.7 Å². The van der Waals surface area contributed by atoms with Gasteiger partial charge in [0.1, 0.15) is 15.7 Å². The van der Waals surface area contributed by atoms with Crippen LogP contribution in [-0.2, 0) is 9.84 Å². The molecule has 0 aliphatic carbocycles. The van der Waals surface area contributed by atoms with Crippen molar-refractivity contribution in [2.75, 3.05) is 12.0 Å². The van der Waals surface area contributed by atoms with Gasteiger partial charge >= 0.3 is 0 Å². The first-order chi connectivity index (χ1) is 9.76. The number of aryl methyl sites for hydroxylation is 1. The number of nitrogens with two attached hydrogens (primary N) is 1. The van der Waals surface area contributed by atoms with Gasteiger partial charge < -0.3 is 10.3 Å². The van der Waals surface area contributed by atoms with Gasteiger partial charge in [-0.2, -0.15) is 4.98 Å². The molecule has 1 atom stereocenters. The first-order valence-corrected chi connectivity index (χ1v) is 8.36. The number of nitrogens with zero attached hydrogens (tertiary/aromatic N) is 2. The molecule has 1 aromatic heterocycles. The lowest BCUT2D eigenvalue weighted by atomic mass is 10.1. The number of halogens is 1. The molecule has 0 spiro atoms. The van der Waals surface area contributed by atoms with Crippen molar-refractivity contribution in [1.82, 2.24) is 10.1 Å². The Labute approximate surface area is 122 Å². The third-order valence-corrected chi connectivity index (χ3v) is 3.95. The lowest BCUT2D eigenvalue weighted by molar-refractivity contribution is 0.352.